The number of halogens is 3. The minimum absolute atomic E-state index is 0.0782. The number of aromatic nitrogens is 4. The van der Waals surface area contributed by atoms with Gasteiger partial charge in [0.2, 0.25) is 11.8 Å². The Hall–Kier alpha value is -4.68. The summed E-state index contributed by atoms with van der Waals surface area (Å²) in [4.78, 5) is 42.6. The first-order chi connectivity index (χ1) is 20.2. The molecule has 0 aliphatic carbocycles. The van der Waals surface area contributed by atoms with Crippen LogP contribution in [0.1, 0.15) is 40.0 Å². The molecule has 0 spiro atoms. The predicted octanol–water partition coefficient (Wildman–Crippen LogP) is 4.21. The molecule has 2 aliphatic heterocycles. The number of pyridine rings is 1. The SMILES string of the molecule is COc1cc(N2CCC(C(=O)Nc3ccc4c(C(=O)N5CCc6c(cccc6C(F)(F)F)C5)ncn4c3)CC2)ncn1. The fourth-order valence-corrected chi connectivity index (χ4v) is 5.67. The first-order valence-corrected chi connectivity index (χ1v) is 13.6. The predicted molar refractivity (Wildman–Crippen MR) is 147 cm³/mol. The number of benzene rings is 1. The summed E-state index contributed by atoms with van der Waals surface area (Å²) < 4.78 is 47.1. The highest BCUT2D eigenvalue weighted by Gasteiger charge is 2.36. The second kappa shape index (κ2) is 11.0. The number of piperidine rings is 1. The van der Waals surface area contributed by atoms with E-state index < -0.39 is 11.7 Å². The van der Waals surface area contributed by atoms with Crippen LogP contribution in [0.4, 0.5) is 24.7 Å². The maximum Gasteiger partial charge on any atom is 0.416 e. The van der Waals surface area contributed by atoms with E-state index >= 15 is 0 Å². The highest BCUT2D eigenvalue weighted by atomic mass is 19.4. The molecule has 3 aromatic heterocycles. The summed E-state index contributed by atoms with van der Waals surface area (Å²) >= 11 is 0. The summed E-state index contributed by atoms with van der Waals surface area (Å²) in [6, 6.07) is 9.28. The molecule has 5 heterocycles. The fourth-order valence-electron chi connectivity index (χ4n) is 5.67. The average Bonchev–Trinajstić information content (AvgIpc) is 3.43. The number of imidazole rings is 1. The summed E-state index contributed by atoms with van der Waals surface area (Å²) in [6.45, 7) is 1.58. The molecule has 0 bridgehead atoms. The van der Waals surface area contributed by atoms with Crippen LogP contribution < -0.4 is 15.0 Å². The number of nitrogens with zero attached hydrogens (tertiary/aromatic N) is 6. The largest absolute Gasteiger partial charge is 0.481 e. The zero-order chi connectivity index (χ0) is 29.4. The third-order valence-electron chi connectivity index (χ3n) is 7.89. The number of carbonyl (C=O) groups excluding carboxylic acids is 2. The van der Waals surface area contributed by atoms with E-state index in [1.165, 1.54) is 23.6 Å². The zero-order valence-electron chi connectivity index (χ0n) is 22.8. The molecule has 13 heteroatoms. The number of hydrogen-bond acceptors (Lipinski definition) is 7. The van der Waals surface area contributed by atoms with Gasteiger partial charge in [-0.15, -0.1) is 0 Å². The lowest BCUT2D eigenvalue weighted by molar-refractivity contribution is -0.138. The van der Waals surface area contributed by atoms with Crippen molar-refractivity contribution < 1.29 is 27.5 Å². The number of methoxy groups -OCH3 is 1. The minimum Gasteiger partial charge on any atom is -0.481 e. The normalized spacial score (nSPS) is 15.9. The number of carbonyl (C=O) groups is 2. The summed E-state index contributed by atoms with van der Waals surface area (Å²) in [6.07, 6.45) is 1.64. The Morgan fingerprint density at radius 1 is 1.05 bits per heavy atom. The second-order valence-corrected chi connectivity index (χ2v) is 10.4. The van der Waals surface area contributed by atoms with Crippen LogP contribution in [0, 0.1) is 5.92 Å². The van der Waals surface area contributed by atoms with Crippen molar-refractivity contribution in [2.75, 3.05) is 37.0 Å². The molecule has 4 aromatic rings. The lowest BCUT2D eigenvalue weighted by atomic mass is 9.94. The Morgan fingerprint density at radius 2 is 1.86 bits per heavy atom. The number of amides is 2. The van der Waals surface area contributed by atoms with Crippen molar-refractivity contribution in [3.8, 4) is 5.88 Å². The smallest absolute Gasteiger partial charge is 0.416 e. The van der Waals surface area contributed by atoms with Gasteiger partial charge in [-0.2, -0.15) is 13.2 Å². The quantitative estimate of drug-likeness (QED) is 0.378. The van der Waals surface area contributed by atoms with Gasteiger partial charge in [0, 0.05) is 44.4 Å². The van der Waals surface area contributed by atoms with Gasteiger partial charge in [0.25, 0.3) is 5.91 Å². The van der Waals surface area contributed by atoms with E-state index in [2.05, 4.69) is 25.2 Å². The Morgan fingerprint density at radius 3 is 2.62 bits per heavy atom. The maximum atomic E-state index is 13.4. The molecule has 2 aliphatic rings. The number of hydrogen-bond donors (Lipinski definition) is 1. The topological polar surface area (TPSA) is 105 Å². The summed E-state index contributed by atoms with van der Waals surface area (Å²) in [7, 11) is 1.55. The molecule has 1 aromatic carbocycles. The van der Waals surface area contributed by atoms with Crippen molar-refractivity contribution in [1.29, 1.82) is 0 Å². The summed E-state index contributed by atoms with van der Waals surface area (Å²) in [5.41, 5.74) is 1.40. The highest BCUT2D eigenvalue weighted by molar-refractivity contribution is 5.99. The van der Waals surface area contributed by atoms with Gasteiger partial charge in [-0.05, 0) is 48.6 Å². The van der Waals surface area contributed by atoms with Crippen molar-refractivity contribution in [2.45, 2.75) is 32.0 Å². The van der Waals surface area contributed by atoms with Crippen LogP contribution in [0.25, 0.3) is 5.52 Å². The fraction of sp³-hybridized carbons (Fsp3) is 0.345. The molecule has 10 nitrogen and oxygen atoms in total. The van der Waals surface area contributed by atoms with E-state index in [9.17, 15) is 22.8 Å². The maximum absolute atomic E-state index is 13.4. The molecule has 42 heavy (non-hydrogen) atoms. The third kappa shape index (κ3) is 5.33. The van der Waals surface area contributed by atoms with E-state index in [1.807, 2.05) is 0 Å². The molecular formula is C29H28F3N7O3. The summed E-state index contributed by atoms with van der Waals surface area (Å²) in [5, 5.41) is 2.97. The van der Waals surface area contributed by atoms with E-state index in [1.54, 1.807) is 42.0 Å². The van der Waals surface area contributed by atoms with Crippen LogP contribution in [0.5, 0.6) is 5.88 Å². The van der Waals surface area contributed by atoms with Gasteiger partial charge in [0.1, 0.15) is 18.5 Å². The van der Waals surface area contributed by atoms with Gasteiger partial charge < -0.3 is 24.3 Å². The number of nitrogens with one attached hydrogen (secondary N) is 1. The van der Waals surface area contributed by atoms with Crippen LogP contribution in [-0.2, 0) is 23.9 Å². The number of rotatable bonds is 5. The molecule has 1 saturated heterocycles. The van der Waals surface area contributed by atoms with Crippen LogP contribution >= 0.6 is 0 Å². The molecule has 0 radical (unpaired) electrons. The van der Waals surface area contributed by atoms with Gasteiger partial charge in [0.05, 0.1) is 23.9 Å². The Balaban J connectivity index is 1.10. The Labute approximate surface area is 239 Å². The zero-order valence-corrected chi connectivity index (χ0v) is 22.8. The first-order valence-electron chi connectivity index (χ1n) is 13.6. The molecule has 218 valence electrons. The second-order valence-electron chi connectivity index (χ2n) is 10.4. The number of fused-ring (bicyclic) bond motifs is 2. The Kier molecular flexibility index (Phi) is 7.17. The van der Waals surface area contributed by atoms with Crippen LogP contribution in [0.15, 0.2) is 55.2 Å². The van der Waals surface area contributed by atoms with Crippen molar-refractivity contribution >= 4 is 28.8 Å². The number of anilines is 2. The molecule has 1 fully saturated rings. The van der Waals surface area contributed by atoms with Crippen molar-refractivity contribution in [2.24, 2.45) is 5.92 Å². The van der Waals surface area contributed by atoms with Crippen molar-refractivity contribution in [3.05, 3.63) is 77.6 Å². The van der Waals surface area contributed by atoms with Gasteiger partial charge in [-0.1, -0.05) is 12.1 Å². The van der Waals surface area contributed by atoms with Gasteiger partial charge in [-0.3, -0.25) is 9.59 Å². The molecular weight excluding hydrogens is 551 g/mol. The van der Waals surface area contributed by atoms with E-state index in [0.717, 1.165) is 11.9 Å². The number of ether oxygens (including phenoxy) is 1. The monoisotopic (exact) mass is 579 g/mol. The van der Waals surface area contributed by atoms with E-state index in [0.29, 0.717) is 48.6 Å². The molecule has 0 saturated carbocycles. The third-order valence-corrected chi connectivity index (χ3v) is 7.89. The lowest BCUT2D eigenvalue weighted by Crippen LogP contribution is -2.38. The van der Waals surface area contributed by atoms with Crippen molar-refractivity contribution in [1.82, 2.24) is 24.3 Å². The van der Waals surface area contributed by atoms with E-state index in [-0.39, 0.29) is 48.5 Å². The van der Waals surface area contributed by atoms with Gasteiger partial charge in [-0.25, -0.2) is 15.0 Å². The van der Waals surface area contributed by atoms with Crippen LogP contribution in [0.2, 0.25) is 0 Å². The van der Waals surface area contributed by atoms with Crippen molar-refractivity contribution in [3.63, 3.8) is 0 Å². The van der Waals surface area contributed by atoms with Crippen LogP contribution in [0.3, 0.4) is 0 Å². The molecule has 0 unspecified atom stereocenters. The average molecular weight is 580 g/mol. The minimum atomic E-state index is -4.44. The molecule has 0 atom stereocenters. The molecule has 6 rings (SSSR count). The standard InChI is InChI=1S/C29H28F3N7O3/c1-42-25-13-24(33-16-34-25)37-10-7-18(8-11-37)27(40)36-20-5-6-23-26(35-17-39(23)15-20)28(41)38-12-9-21-19(14-38)3-2-4-22(21)29(30,31)32/h2-6,13,15-18H,7-12,14H2,1H3,(H,36,40). The Bertz CT molecular complexity index is 1650. The molecule has 2 amide bonds. The van der Waals surface area contributed by atoms with E-state index in [4.69, 9.17) is 4.74 Å². The van der Waals surface area contributed by atoms with Gasteiger partial charge >= 0.3 is 6.18 Å². The highest BCUT2D eigenvalue weighted by Crippen LogP contribution is 2.36. The number of alkyl halides is 3. The lowest BCUT2D eigenvalue weighted by Gasteiger charge is -2.32. The molecule has 1 N–H and O–H groups in total. The van der Waals surface area contributed by atoms with Gasteiger partial charge in [0.15, 0.2) is 5.69 Å². The first kappa shape index (κ1) is 27.5. The summed E-state index contributed by atoms with van der Waals surface area (Å²) in [5.74, 6) is 0.638. The van der Waals surface area contributed by atoms with Crippen LogP contribution in [-0.4, -0.2) is 62.8 Å².